The number of hydroxylamine groups is 1. The van der Waals surface area contributed by atoms with Gasteiger partial charge in [0.2, 0.25) is 11.8 Å². The number of hydrogen-bond donors (Lipinski definition) is 5. The summed E-state index contributed by atoms with van der Waals surface area (Å²) in [5.41, 5.74) is 1.82. The number of benzene rings is 1. The lowest BCUT2D eigenvalue weighted by Crippen LogP contribution is -2.62. The molecule has 0 aliphatic heterocycles. The molecule has 0 aliphatic rings. The van der Waals surface area contributed by atoms with Crippen LogP contribution in [0.25, 0.3) is 0 Å². The fraction of sp³-hybridized carbons (Fsp3) is 0.571. The van der Waals surface area contributed by atoms with Crippen molar-refractivity contribution in [1.82, 2.24) is 16.1 Å². The van der Waals surface area contributed by atoms with E-state index in [9.17, 15) is 27.9 Å². The van der Waals surface area contributed by atoms with Crippen molar-refractivity contribution in [2.75, 3.05) is 7.05 Å². The maximum absolute atomic E-state index is 13.2. The van der Waals surface area contributed by atoms with Crippen molar-refractivity contribution in [2.24, 2.45) is 11.8 Å². The lowest BCUT2D eigenvalue weighted by molar-refractivity contribution is -0.147. The Labute approximate surface area is 188 Å². The van der Waals surface area contributed by atoms with Crippen molar-refractivity contribution in [3.63, 3.8) is 0 Å². The summed E-state index contributed by atoms with van der Waals surface area (Å²) < 4.78 is 24.7. The van der Waals surface area contributed by atoms with E-state index in [-0.39, 0.29) is 18.1 Å². The van der Waals surface area contributed by atoms with Crippen molar-refractivity contribution in [3.8, 4) is 0 Å². The lowest BCUT2D eigenvalue weighted by Gasteiger charge is -2.34. The third-order valence-electron chi connectivity index (χ3n) is 5.31. The first-order chi connectivity index (χ1) is 14.8. The van der Waals surface area contributed by atoms with E-state index >= 15 is 0 Å². The predicted molar refractivity (Wildman–Crippen MR) is 118 cm³/mol. The molecule has 0 aliphatic carbocycles. The molecule has 3 atom stereocenters. The number of carbonyl (C=O) groups is 3. The van der Waals surface area contributed by atoms with Crippen LogP contribution in [-0.4, -0.2) is 60.4 Å². The van der Waals surface area contributed by atoms with Gasteiger partial charge in [0.1, 0.15) is 12.1 Å². The Morgan fingerprint density at radius 1 is 1.03 bits per heavy atom. The summed E-state index contributed by atoms with van der Waals surface area (Å²) in [5, 5.41) is 23.8. The molecule has 0 heterocycles. The highest BCUT2D eigenvalue weighted by Gasteiger charge is 2.47. The number of rotatable bonds is 11. The SMILES string of the molecule is CNC(=O)C(NC(=O)C(CC(C)C)C(O)C(=O)NO)C(C)(C)S(=O)(=O)Cc1ccccc1. The van der Waals surface area contributed by atoms with Crippen LogP contribution >= 0.6 is 0 Å². The maximum Gasteiger partial charge on any atom is 0.272 e. The first-order valence-electron chi connectivity index (χ1n) is 10.2. The Morgan fingerprint density at radius 3 is 2.06 bits per heavy atom. The minimum absolute atomic E-state index is 0.0536. The van der Waals surface area contributed by atoms with Crippen molar-refractivity contribution < 1.29 is 33.1 Å². The second-order valence-electron chi connectivity index (χ2n) is 8.56. The molecule has 32 heavy (non-hydrogen) atoms. The van der Waals surface area contributed by atoms with Crippen LogP contribution < -0.4 is 16.1 Å². The minimum atomic E-state index is -3.96. The molecule has 0 bridgehead atoms. The molecule has 0 saturated heterocycles. The van der Waals surface area contributed by atoms with Gasteiger partial charge < -0.3 is 15.7 Å². The summed E-state index contributed by atoms with van der Waals surface area (Å²) in [7, 11) is -2.65. The number of aliphatic hydroxyl groups excluding tert-OH is 1. The van der Waals surface area contributed by atoms with Crippen molar-refractivity contribution in [2.45, 2.75) is 56.8 Å². The molecule has 3 unspecified atom stereocenters. The first kappa shape index (κ1) is 27.5. The molecule has 3 amide bonds. The summed E-state index contributed by atoms with van der Waals surface area (Å²) in [6.07, 6.45) is -1.84. The van der Waals surface area contributed by atoms with Gasteiger partial charge in [0.25, 0.3) is 5.91 Å². The van der Waals surface area contributed by atoms with Gasteiger partial charge in [0, 0.05) is 7.05 Å². The molecule has 0 radical (unpaired) electrons. The highest BCUT2D eigenvalue weighted by Crippen LogP contribution is 2.27. The summed E-state index contributed by atoms with van der Waals surface area (Å²) in [6.45, 7) is 6.18. The van der Waals surface area contributed by atoms with Crippen LogP contribution in [0.4, 0.5) is 0 Å². The van der Waals surface area contributed by atoms with Crippen LogP contribution in [0.3, 0.4) is 0 Å². The Morgan fingerprint density at radius 2 is 1.59 bits per heavy atom. The number of aliphatic hydroxyl groups is 1. The van der Waals surface area contributed by atoms with Gasteiger partial charge in [-0.3, -0.25) is 19.6 Å². The average molecular weight is 472 g/mol. The van der Waals surface area contributed by atoms with Gasteiger partial charge in [-0.2, -0.15) is 0 Å². The van der Waals surface area contributed by atoms with Crippen LogP contribution in [-0.2, 0) is 30.0 Å². The summed E-state index contributed by atoms with van der Waals surface area (Å²) in [4.78, 5) is 37.3. The molecular formula is C21H33N3O7S. The van der Waals surface area contributed by atoms with Gasteiger partial charge in [-0.25, -0.2) is 13.9 Å². The lowest BCUT2D eigenvalue weighted by atomic mass is 9.90. The third kappa shape index (κ3) is 6.75. The number of amides is 3. The van der Waals surface area contributed by atoms with E-state index in [0.29, 0.717) is 5.56 Å². The van der Waals surface area contributed by atoms with Gasteiger partial charge in [-0.1, -0.05) is 44.2 Å². The molecule has 10 nitrogen and oxygen atoms in total. The van der Waals surface area contributed by atoms with Crippen LogP contribution in [0.2, 0.25) is 0 Å². The molecule has 0 aromatic heterocycles. The fourth-order valence-corrected chi connectivity index (χ4v) is 4.77. The standard InChI is InChI=1S/C21H33N3O7S/c1-13(2)11-15(16(25)19(27)24-29)18(26)23-17(20(28)22-5)21(3,4)32(30,31)12-14-9-7-6-8-10-14/h6-10,13,15-17,25,29H,11-12H2,1-5H3,(H,22,28)(H,23,26)(H,24,27). The largest absolute Gasteiger partial charge is 0.382 e. The van der Waals surface area contributed by atoms with E-state index in [2.05, 4.69) is 10.6 Å². The van der Waals surface area contributed by atoms with Gasteiger partial charge in [-0.05, 0) is 31.7 Å². The zero-order chi connectivity index (χ0) is 24.7. The molecule has 1 rings (SSSR count). The van der Waals surface area contributed by atoms with E-state index in [1.54, 1.807) is 44.2 Å². The Bertz CT molecular complexity index is 901. The topological polar surface area (TPSA) is 162 Å². The number of nitrogens with one attached hydrogen (secondary N) is 3. The highest BCUT2D eigenvalue weighted by molar-refractivity contribution is 7.92. The number of sulfone groups is 1. The quantitative estimate of drug-likeness (QED) is 0.226. The van der Waals surface area contributed by atoms with Crippen LogP contribution in [0.1, 0.15) is 39.7 Å². The van der Waals surface area contributed by atoms with E-state index in [4.69, 9.17) is 5.21 Å². The monoisotopic (exact) mass is 471 g/mol. The van der Waals surface area contributed by atoms with Gasteiger partial charge in [-0.15, -0.1) is 0 Å². The summed E-state index contributed by atoms with van der Waals surface area (Å²) in [5.74, 6) is -4.61. The minimum Gasteiger partial charge on any atom is -0.382 e. The summed E-state index contributed by atoms with van der Waals surface area (Å²) in [6, 6.07) is 6.91. The molecular weight excluding hydrogens is 438 g/mol. The fourth-order valence-electron chi connectivity index (χ4n) is 3.24. The molecule has 1 aromatic rings. The van der Waals surface area contributed by atoms with Crippen molar-refractivity contribution in [3.05, 3.63) is 35.9 Å². The van der Waals surface area contributed by atoms with Crippen molar-refractivity contribution >= 4 is 27.6 Å². The molecule has 0 saturated carbocycles. The maximum atomic E-state index is 13.2. The molecule has 11 heteroatoms. The number of likely N-dealkylation sites (N-methyl/N-ethyl adjacent to an activating group) is 1. The highest BCUT2D eigenvalue weighted by atomic mass is 32.2. The second kappa shape index (κ2) is 11.4. The zero-order valence-corrected chi connectivity index (χ0v) is 19.8. The Balaban J connectivity index is 3.29. The molecule has 180 valence electrons. The smallest absolute Gasteiger partial charge is 0.272 e. The number of hydrogen-bond acceptors (Lipinski definition) is 7. The summed E-state index contributed by atoms with van der Waals surface area (Å²) >= 11 is 0. The molecule has 1 aromatic carbocycles. The normalized spacial score (nSPS) is 14.9. The van der Waals surface area contributed by atoms with E-state index in [0.717, 1.165) is 0 Å². The van der Waals surface area contributed by atoms with Crippen LogP contribution in [0, 0.1) is 11.8 Å². The average Bonchev–Trinajstić information content (AvgIpc) is 2.73. The first-order valence-corrected chi connectivity index (χ1v) is 11.8. The van der Waals surface area contributed by atoms with Crippen LogP contribution in [0.5, 0.6) is 0 Å². The van der Waals surface area contributed by atoms with Crippen molar-refractivity contribution in [1.29, 1.82) is 0 Å². The van der Waals surface area contributed by atoms with Crippen LogP contribution in [0.15, 0.2) is 30.3 Å². The van der Waals surface area contributed by atoms with Gasteiger partial charge in [0.15, 0.2) is 9.84 Å². The second-order valence-corrected chi connectivity index (χ2v) is 11.1. The molecule has 5 N–H and O–H groups in total. The predicted octanol–water partition coefficient (Wildman–Crippen LogP) is 0.139. The van der Waals surface area contributed by atoms with E-state index < -0.39 is 50.4 Å². The van der Waals surface area contributed by atoms with Gasteiger partial charge in [0.05, 0.1) is 16.4 Å². The van der Waals surface area contributed by atoms with E-state index in [1.165, 1.54) is 26.4 Å². The molecule has 0 fully saturated rings. The van der Waals surface area contributed by atoms with E-state index in [1.807, 2.05) is 0 Å². The molecule has 0 spiro atoms. The third-order valence-corrected chi connectivity index (χ3v) is 7.87. The Kier molecular flexibility index (Phi) is 9.80. The Hall–Kier alpha value is -2.50. The zero-order valence-electron chi connectivity index (χ0n) is 19.0. The number of carbonyl (C=O) groups excluding carboxylic acids is 3. The van der Waals surface area contributed by atoms with Gasteiger partial charge >= 0.3 is 0 Å².